The van der Waals surface area contributed by atoms with Crippen molar-refractivity contribution in [3.8, 4) is 11.1 Å². The zero-order valence-corrected chi connectivity index (χ0v) is 22.1. The quantitative estimate of drug-likeness (QED) is 0.318. The Hall–Kier alpha value is -3.66. The minimum atomic E-state index is 0.0109. The minimum Gasteiger partial charge on any atom is -0.378 e. The third kappa shape index (κ3) is 5.69. The topological polar surface area (TPSA) is 40.6 Å². The number of nitrogens with zero attached hydrogens (tertiary/aromatic N) is 2. The predicted molar refractivity (Wildman–Crippen MR) is 152 cm³/mol. The lowest BCUT2D eigenvalue weighted by molar-refractivity contribution is -0.124. The molecule has 0 aromatic heterocycles. The summed E-state index contributed by atoms with van der Waals surface area (Å²) in [6.45, 7) is 2.08. The van der Waals surface area contributed by atoms with Crippen LogP contribution in [0.5, 0.6) is 0 Å². The van der Waals surface area contributed by atoms with Gasteiger partial charge in [-0.15, -0.1) is 0 Å². The van der Waals surface area contributed by atoms with Crippen LogP contribution in [-0.2, 0) is 16.1 Å². The van der Waals surface area contributed by atoms with E-state index in [0.29, 0.717) is 18.4 Å². The summed E-state index contributed by atoms with van der Waals surface area (Å²) >= 11 is 0. The van der Waals surface area contributed by atoms with Crippen LogP contribution >= 0.6 is 0 Å². The van der Waals surface area contributed by atoms with Crippen LogP contribution in [-0.4, -0.2) is 25.8 Å². The maximum atomic E-state index is 13.9. The first-order valence-corrected chi connectivity index (χ1v) is 13.3. The summed E-state index contributed by atoms with van der Waals surface area (Å²) in [7, 11) is 4.09. The number of fused-ring (bicyclic) bond motifs is 2. The largest absolute Gasteiger partial charge is 0.378 e. The molecule has 4 heteroatoms. The van der Waals surface area contributed by atoms with Gasteiger partial charge in [-0.25, -0.2) is 0 Å². The molecule has 0 heterocycles. The summed E-state index contributed by atoms with van der Waals surface area (Å²) in [4.78, 5) is 29.5. The lowest BCUT2D eigenvalue weighted by atomic mass is 9.87. The number of hydrogen-bond donors (Lipinski definition) is 0. The molecule has 0 spiro atoms. The molecule has 2 fully saturated rings. The van der Waals surface area contributed by atoms with Crippen molar-refractivity contribution in [2.24, 2.45) is 17.8 Å². The summed E-state index contributed by atoms with van der Waals surface area (Å²) < 4.78 is 0. The Labute approximate surface area is 220 Å². The average molecular weight is 493 g/mol. The molecule has 1 amide bonds. The highest BCUT2D eigenvalue weighted by Crippen LogP contribution is 2.49. The molecule has 3 aromatic carbocycles. The van der Waals surface area contributed by atoms with Crippen molar-refractivity contribution in [2.75, 3.05) is 23.9 Å². The van der Waals surface area contributed by atoms with E-state index in [0.717, 1.165) is 28.8 Å². The molecule has 0 saturated heterocycles. The molecule has 190 valence electrons. The number of rotatable bonds is 8. The van der Waals surface area contributed by atoms with Gasteiger partial charge in [0, 0.05) is 31.4 Å². The van der Waals surface area contributed by atoms with E-state index in [9.17, 15) is 9.59 Å². The summed E-state index contributed by atoms with van der Waals surface area (Å²) in [6.07, 6.45) is 8.07. The number of amides is 1. The zero-order valence-electron chi connectivity index (χ0n) is 22.1. The fourth-order valence-electron chi connectivity index (χ4n) is 5.99. The second-order valence-electron chi connectivity index (χ2n) is 10.9. The van der Waals surface area contributed by atoms with Gasteiger partial charge >= 0.3 is 0 Å². The molecule has 3 atom stereocenters. The molecule has 2 bridgehead atoms. The highest BCUT2D eigenvalue weighted by atomic mass is 16.2. The van der Waals surface area contributed by atoms with E-state index >= 15 is 0 Å². The summed E-state index contributed by atoms with van der Waals surface area (Å²) in [5, 5.41) is 0. The highest BCUT2D eigenvalue weighted by Gasteiger charge is 2.44. The van der Waals surface area contributed by atoms with E-state index in [1.807, 2.05) is 49.3 Å². The number of carbonyl (C=O) groups is 2. The fourth-order valence-corrected chi connectivity index (χ4v) is 5.99. The van der Waals surface area contributed by atoms with E-state index in [4.69, 9.17) is 0 Å². The van der Waals surface area contributed by atoms with Gasteiger partial charge in [0.1, 0.15) is 0 Å². The van der Waals surface area contributed by atoms with Gasteiger partial charge in [-0.3, -0.25) is 9.59 Å². The first-order valence-electron chi connectivity index (χ1n) is 13.3. The van der Waals surface area contributed by atoms with Crippen LogP contribution in [0.25, 0.3) is 17.2 Å². The van der Waals surface area contributed by atoms with Crippen molar-refractivity contribution in [1.82, 2.24) is 0 Å². The predicted octanol–water partition coefficient (Wildman–Crippen LogP) is 6.99. The van der Waals surface area contributed by atoms with E-state index in [1.54, 1.807) is 13.0 Å². The fraction of sp³-hybridized carbons (Fsp3) is 0.333. The standard InChI is InChI=1S/C33H36N2O2/c1-23(36)7-8-24-5-4-6-31(20-24)35(33(37)32-21-26-11-14-29(32)19-26)22-25-9-12-27(13-10-25)28-15-17-30(18-16-28)34(2)3/h4-10,12-13,15-18,20,26,29,32H,11,14,19,21-22H2,1-3H3/b8-7+/t26-,29+,32-/m1/s1. The monoisotopic (exact) mass is 492 g/mol. The van der Waals surface area contributed by atoms with Crippen LogP contribution in [0, 0.1) is 17.8 Å². The number of hydrogen-bond acceptors (Lipinski definition) is 3. The lowest BCUT2D eigenvalue weighted by Crippen LogP contribution is -2.38. The maximum absolute atomic E-state index is 13.9. The molecule has 2 saturated carbocycles. The van der Waals surface area contributed by atoms with Gasteiger partial charge in [0.2, 0.25) is 5.91 Å². The molecular formula is C33H36N2O2. The third-order valence-corrected chi connectivity index (χ3v) is 8.03. The van der Waals surface area contributed by atoms with Crippen molar-refractivity contribution in [3.05, 3.63) is 90.0 Å². The summed E-state index contributed by atoms with van der Waals surface area (Å²) in [5.74, 6) is 1.60. The Morgan fingerprint density at radius 3 is 2.16 bits per heavy atom. The molecular weight excluding hydrogens is 456 g/mol. The normalized spacial score (nSPS) is 20.4. The van der Waals surface area contributed by atoms with Crippen molar-refractivity contribution in [2.45, 2.75) is 39.2 Å². The van der Waals surface area contributed by atoms with Crippen molar-refractivity contribution in [3.63, 3.8) is 0 Å². The summed E-state index contributed by atoms with van der Waals surface area (Å²) in [5.41, 5.74) is 6.44. The van der Waals surface area contributed by atoms with Crippen LogP contribution in [0.4, 0.5) is 11.4 Å². The SMILES string of the molecule is CC(=O)/C=C/c1cccc(N(Cc2ccc(-c3ccc(N(C)C)cc3)cc2)C(=O)[C@@H]2C[C@@H]3CC[C@H]2C3)c1. The van der Waals surface area contributed by atoms with Crippen LogP contribution in [0.15, 0.2) is 78.9 Å². The van der Waals surface area contributed by atoms with E-state index in [2.05, 4.69) is 53.4 Å². The van der Waals surface area contributed by atoms with Crippen molar-refractivity contribution in [1.29, 1.82) is 0 Å². The van der Waals surface area contributed by atoms with Gasteiger partial charge in [-0.05, 0) is 90.6 Å². The maximum Gasteiger partial charge on any atom is 0.230 e. The second-order valence-corrected chi connectivity index (χ2v) is 10.9. The molecule has 0 N–H and O–H groups in total. The molecule has 5 rings (SSSR count). The zero-order chi connectivity index (χ0) is 25.9. The van der Waals surface area contributed by atoms with Crippen LogP contribution < -0.4 is 9.80 Å². The van der Waals surface area contributed by atoms with E-state index in [-0.39, 0.29) is 17.6 Å². The summed E-state index contributed by atoms with van der Waals surface area (Å²) in [6, 6.07) is 25.1. The Morgan fingerprint density at radius 2 is 1.57 bits per heavy atom. The Morgan fingerprint density at radius 1 is 0.865 bits per heavy atom. The Kier molecular flexibility index (Phi) is 7.27. The van der Waals surface area contributed by atoms with Gasteiger partial charge in [0.05, 0.1) is 6.54 Å². The van der Waals surface area contributed by atoms with Gasteiger partial charge in [-0.2, -0.15) is 0 Å². The van der Waals surface area contributed by atoms with Crippen molar-refractivity contribution < 1.29 is 9.59 Å². The number of ketones is 1. The van der Waals surface area contributed by atoms with E-state index < -0.39 is 0 Å². The molecule has 2 aliphatic carbocycles. The Balaban J connectivity index is 1.40. The lowest BCUT2D eigenvalue weighted by Gasteiger charge is -2.30. The van der Waals surface area contributed by atoms with Crippen LogP contribution in [0.1, 0.15) is 43.7 Å². The van der Waals surface area contributed by atoms with Gasteiger partial charge < -0.3 is 9.80 Å². The molecule has 2 aliphatic rings. The van der Waals surface area contributed by atoms with Crippen molar-refractivity contribution >= 4 is 29.1 Å². The number of benzene rings is 3. The van der Waals surface area contributed by atoms with Crippen LogP contribution in [0.2, 0.25) is 0 Å². The number of carbonyl (C=O) groups excluding carboxylic acids is 2. The first kappa shape index (κ1) is 25.0. The van der Waals surface area contributed by atoms with E-state index in [1.165, 1.54) is 30.5 Å². The molecule has 0 radical (unpaired) electrons. The number of anilines is 2. The van der Waals surface area contributed by atoms with Crippen LogP contribution in [0.3, 0.4) is 0 Å². The average Bonchev–Trinajstić information content (AvgIpc) is 3.55. The first-order chi connectivity index (χ1) is 17.9. The van der Waals surface area contributed by atoms with Gasteiger partial charge in [0.15, 0.2) is 5.78 Å². The van der Waals surface area contributed by atoms with Gasteiger partial charge in [0.25, 0.3) is 0 Å². The Bertz CT molecular complexity index is 1290. The second kappa shape index (κ2) is 10.8. The molecule has 0 unspecified atom stereocenters. The molecule has 37 heavy (non-hydrogen) atoms. The molecule has 4 nitrogen and oxygen atoms in total. The van der Waals surface area contributed by atoms with Gasteiger partial charge in [-0.1, -0.05) is 61.0 Å². The minimum absolute atomic E-state index is 0.0109. The molecule has 3 aromatic rings. The highest BCUT2D eigenvalue weighted by molar-refractivity contribution is 5.96. The molecule has 0 aliphatic heterocycles. The number of allylic oxidation sites excluding steroid dienone is 1. The smallest absolute Gasteiger partial charge is 0.230 e. The third-order valence-electron chi connectivity index (χ3n) is 8.03.